The zero-order chi connectivity index (χ0) is 18.5. The Bertz CT molecular complexity index is 808. The molecule has 0 spiro atoms. The predicted molar refractivity (Wildman–Crippen MR) is 92.9 cm³/mol. The van der Waals surface area contributed by atoms with Crippen LogP contribution in [-0.4, -0.2) is 59.3 Å². The molecular formula is C17H25N5O4. The fraction of sp³-hybridized carbons (Fsp3) is 0.706. The number of fused-ring (bicyclic) bond motifs is 1. The van der Waals surface area contributed by atoms with Crippen molar-refractivity contribution in [2.45, 2.75) is 62.6 Å². The van der Waals surface area contributed by atoms with Gasteiger partial charge in [0.25, 0.3) is 0 Å². The molecule has 0 bridgehead atoms. The highest BCUT2D eigenvalue weighted by molar-refractivity contribution is 5.81. The van der Waals surface area contributed by atoms with Crippen molar-refractivity contribution in [3.05, 3.63) is 12.7 Å². The minimum absolute atomic E-state index is 0.163. The van der Waals surface area contributed by atoms with Gasteiger partial charge in [0.05, 0.1) is 12.9 Å². The first-order valence-corrected chi connectivity index (χ1v) is 9.06. The average Bonchev–Trinajstić information content (AvgIpc) is 3.18. The molecule has 2 aromatic heterocycles. The van der Waals surface area contributed by atoms with E-state index in [1.54, 1.807) is 11.5 Å². The Labute approximate surface area is 150 Å². The van der Waals surface area contributed by atoms with E-state index in [4.69, 9.17) is 10.5 Å². The van der Waals surface area contributed by atoms with Gasteiger partial charge in [-0.1, -0.05) is 19.3 Å². The first kappa shape index (κ1) is 17.6. The number of hydrogen-bond acceptors (Lipinski definition) is 8. The van der Waals surface area contributed by atoms with Crippen LogP contribution in [0.25, 0.3) is 11.2 Å². The van der Waals surface area contributed by atoms with Gasteiger partial charge in [0.15, 0.2) is 17.2 Å². The van der Waals surface area contributed by atoms with Gasteiger partial charge in [0.2, 0.25) is 0 Å². The van der Waals surface area contributed by atoms with Crippen LogP contribution in [-0.2, 0) is 10.5 Å². The number of nitrogens with zero attached hydrogens (tertiary/aromatic N) is 4. The minimum Gasteiger partial charge on any atom is -0.394 e. The lowest BCUT2D eigenvalue weighted by atomic mass is 9.69. The van der Waals surface area contributed by atoms with Crippen LogP contribution in [0.3, 0.4) is 0 Å². The summed E-state index contributed by atoms with van der Waals surface area (Å²) in [7, 11) is 0. The molecule has 0 amide bonds. The molecule has 9 heteroatoms. The van der Waals surface area contributed by atoms with E-state index < -0.39 is 30.1 Å². The summed E-state index contributed by atoms with van der Waals surface area (Å²) in [6, 6.07) is 0. The molecular weight excluding hydrogens is 338 g/mol. The number of imidazole rings is 1. The molecule has 0 unspecified atom stereocenters. The third-order valence-corrected chi connectivity index (χ3v) is 6.16. The van der Waals surface area contributed by atoms with Crippen molar-refractivity contribution in [3.63, 3.8) is 0 Å². The maximum atomic E-state index is 11.8. The second kappa shape index (κ2) is 6.12. The van der Waals surface area contributed by atoms with Crippen LogP contribution in [0, 0.1) is 5.92 Å². The van der Waals surface area contributed by atoms with E-state index in [-0.39, 0.29) is 11.7 Å². The largest absolute Gasteiger partial charge is 0.394 e. The first-order valence-electron chi connectivity index (χ1n) is 9.06. The Morgan fingerprint density at radius 1 is 1.27 bits per heavy atom. The molecule has 1 saturated carbocycles. The van der Waals surface area contributed by atoms with Crippen LogP contribution in [0.15, 0.2) is 12.7 Å². The second-order valence-electron chi connectivity index (χ2n) is 7.47. The number of aromatic nitrogens is 4. The predicted octanol–water partition coefficient (Wildman–Crippen LogP) is 0.145. The third kappa shape index (κ3) is 2.21. The molecule has 2 aromatic rings. The zero-order valence-electron chi connectivity index (χ0n) is 14.7. The Morgan fingerprint density at radius 3 is 2.69 bits per heavy atom. The van der Waals surface area contributed by atoms with Crippen molar-refractivity contribution in [1.29, 1.82) is 0 Å². The van der Waals surface area contributed by atoms with Gasteiger partial charge >= 0.3 is 0 Å². The summed E-state index contributed by atoms with van der Waals surface area (Å²) in [5.74, 6) is 0.0697. The zero-order valence-corrected chi connectivity index (χ0v) is 14.7. The van der Waals surface area contributed by atoms with Crippen molar-refractivity contribution >= 4 is 17.0 Å². The van der Waals surface area contributed by atoms with Crippen LogP contribution in [0.2, 0.25) is 0 Å². The molecule has 1 aliphatic carbocycles. The van der Waals surface area contributed by atoms with Crippen molar-refractivity contribution in [2.24, 2.45) is 5.92 Å². The van der Waals surface area contributed by atoms with E-state index in [1.807, 2.05) is 0 Å². The van der Waals surface area contributed by atoms with Crippen LogP contribution in [0.1, 0.15) is 39.0 Å². The second-order valence-corrected chi connectivity index (χ2v) is 7.47. The lowest BCUT2D eigenvalue weighted by Gasteiger charge is -2.46. The monoisotopic (exact) mass is 363 g/mol. The van der Waals surface area contributed by atoms with Crippen molar-refractivity contribution in [1.82, 2.24) is 19.5 Å². The van der Waals surface area contributed by atoms with Crippen molar-refractivity contribution < 1.29 is 20.1 Å². The Kier molecular flexibility index (Phi) is 4.14. The molecule has 0 radical (unpaired) electrons. The SMILES string of the molecule is C[C@@]1(n2cnc3c(N)ncnc32)O[C@H](CO)[C@@H](O)[C@]1(O)C1CCCCC1. The van der Waals surface area contributed by atoms with E-state index in [9.17, 15) is 15.3 Å². The van der Waals surface area contributed by atoms with Gasteiger partial charge in [-0.05, 0) is 25.7 Å². The highest BCUT2D eigenvalue weighted by Crippen LogP contribution is 2.52. The van der Waals surface area contributed by atoms with E-state index in [0.717, 1.165) is 32.1 Å². The highest BCUT2D eigenvalue weighted by Gasteiger charge is 2.66. The van der Waals surface area contributed by atoms with Gasteiger partial charge in [-0.3, -0.25) is 4.57 Å². The van der Waals surface area contributed by atoms with Crippen molar-refractivity contribution in [2.75, 3.05) is 12.3 Å². The van der Waals surface area contributed by atoms with E-state index in [1.165, 1.54) is 12.7 Å². The number of anilines is 1. The molecule has 0 aromatic carbocycles. The van der Waals surface area contributed by atoms with Crippen molar-refractivity contribution in [3.8, 4) is 0 Å². The molecule has 142 valence electrons. The van der Waals surface area contributed by atoms with Crippen LogP contribution < -0.4 is 5.73 Å². The molecule has 1 saturated heterocycles. The summed E-state index contributed by atoms with van der Waals surface area (Å²) in [4.78, 5) is 12.5. The fourth-order valence-corrected chi connectivity index (χ4v) is 4.73. The third-order valence-electron chi connectivity index (χ3n) is 6.16. The number of aliphatic hydroxyl groups excluding tert-OH is 2. The summed E-state index contributed by atoms with van der Waals surface area (Å²) in [6.45, 7) is 1.31. The molecule has 3 heterocycles. The Hall–Kier alpha value is -1.81. The number of ether oxygens (including phenoxy) is 1. The van der Waals surface area contributed by atoms with E-state index in [2.05, 4.69) is 15.0 Å². The van der Waals surface area contributed by atoms with Crippen LogP contribution in [0.4, 0.5) is 5.82 Å². The summed E-state index contributed by atoms with van der Waals surface area (Å²) >= 11 is 0. The van der Waals surface area contributed by atoms with E-state index >= 15 is 0 Å². The summed E-state index contributed by atoms with van der Waals surface area (Å²) in [6.07, 6.45) is 5.35. The molecule has 4 atom stereocenters. The summed E-state index contributed by atoms with van der Waals surface area (Å²) in [5, 5.41) is 32.4. The average molecular weight is 363 g/mol. The molecule has 5 N–H and O–H groups in total. The number of hydrogen-bond donors (Lipinski definition) is 4. The lowest BCUT2D eigenvalue weighted by molar-refractivity contribution is -0.211. The molecule has 4 rings (SSSR count). The lowest BCUT2D eigenvalue weighted by Crippen LogP contribution is -2.61. The molecule has 9 nitrogen and oxygen atoms in total. The molecule has 2 aliphatic rings. The topological polar surface area (TPSA) is 140 Å². The summed E-state index contributed by atoms with van der Waals surface area (Å²) in [5.41, 5.74) is 3.77. The Morgan fingerprint density at radius 2 is 2.00 bits per heavy atom. The molecule has 26 heavy (non-hydrogen) atoms. The number of nitrogens with two attached hydrogens (primary N) is 1. The van der Waals surface area contributed by atoms with Gasteiger partial charge in [-0.2, -0.15) is 0 Å². The highest BCUT2D eigenvalue weighted by atomic mass is 16.6. The van der Waals surface area contributed by atoms with Gasteiger partial charge in [0, 0.05) is 0 Å². The maximum absolute atomic E-state index is 11.8. The normalized spacial score (nSPS) is 36.0. The number of rotatable bonds is 3. The van der Waals surface area contributed by atoms with E-state index in [0.29, 0.717) is 11.2 Å². The fourth-order valence-electron chi connectivity index (χ4n) is 4.73. The van der Waals surface area contributed by atoms with Gasteiger partial charge in [-0.25, -0.2) is 15.0 Å². The quantitative estimate of drug-likeness (QED) is 0.604. The molecule has 1 aliphatic heterocycles. The Balaban J connectivity index is 1.88. The van der Waals surface area contributed by atoms with Gasteiger partial charge in [-0.15, -0.1) is 0 Å². The van der Waals surface area contributed by atoms with Crippen LogP contribution >= 0.6 is 0 Å². The smallest absolute Gasteiger partial charge is 0.176 e. The van der Waals surface area contributed by atoms with Gasteiger partial charge in [0.1, 0.15) is 29.7 Å². The standard InChI is InChI=1S/C17H25N5O4/c1-16(22-9-21-12-14(18)19-8-20-15(12)22)17(25,10-5-3-2-4-6-10)13(24)11(7-23)26-16/h8-11,13,23-25H,2-7H2,1H3,(H2,18,19,20)/t11-,13-,16-,17-/m1/s1. The molecule has 2 fully saturated rings. The minimum atomic E-state index is -1.59. The van der Waals surface area contributed by atoms with Crippen LogP contribution in [0.5, 0.6) is 0 Å². The summed E-state index contributed by atoms with van der Waals surface area (Å²) < 4.78 is 7.65. The first-order chi connectivity index (χ1) is 12.4. The maximum Gasteiger partial charge on any atom is 0.176 e. The van der Waals surface area contributed by atoms with Gasteiger partial charge < -0.3 is 25.8 Å². The number of nitrogen functional groups attached to an aromatic ring is 1. The number of aliphatic hydroxyl groups is 3.